The molecule has 23 heavy (non-hydrogen) atoms. The summed E-state index contributed by atoms with van der Waals surface area (Å²) in [5.41, 5.74) is 4.89. The van der Waals surface area contributed by atoms with Crippen LogP contribution in [0.5, 0.6) is 0 Å². The summed E-state index contributed by atoms with van der Waals surface area (Å²) in [5.74, 6) is 0. The predicted octanol–water partition coefficient (Wildman–Crippen LogP) is 1.75. The summed E-state index contributed by atoms with van der Waals surface area (Å²) < 4.78 is 5.39. The van der Waals surface area contributed by atoms with Gasteiger partial charge in [-0.25, -0.2) is 0 Å². The molecule has 0 aliphatic carbocycles. The zero-order valence-electron chi connectivity index (χ0n) is 13.9. The highest BCUT2D eigenvalue weighted by molar-refractivity contribution is 5.78. The Labute approximate surface area is 137 Å². The number of rotatable bonds is 6. The van der Waals surface area contributed by atoms with Gasteiger partial charge in [-0.05, 0) is 26.0 Å². The molecular weight excluding hydrogens is 292 g/mol. The van der Waals surface area contributed by atoms with Crippen molar-refractivity contribution in [2.45, 2.75) is 13.8 Å². The van der Waals surface area contributed by atoms with Crippen LogP contribution in [0.2, 0.25) is 0 Å². The van der Waals surface area contributed by atoms with Gasteiger partial charge >= 0.3 is 0 Å². The molecule has 1 aromatic rings. The second-order valence-electron chi connectivity index (χ2n) is 5.38. The Kier molecular flexibility index (Phi) is 6.17. The van der Waals surface area contributed by atoms with E-state index in [4.69, 9.17) is 4.74 Å². The molecule has 6 nitrogen and oxygen atoms in total. The molecule has 0 aromatic carbocycles. The molecule has 1 aromatic heterocycles. The fraction of sp³-hybridized carbons (Fsp3) is 0.412. The van der Waals surface area contributed by atoms with Gasteiger partial charge in [0.1, 0.15) is 0 Å². The van der Waals surface area contributed by atoms with E-state index in [0.29, 0.717) is 6.41 Å². The summed E-state index contributed by atoms with van der Waals surface area (Å²) in [7, 11) is 1.86. The number of anilines is 1. The van der Waals surface area contributed by atoms with E-state index < -0.39 is 0 Å². The molecule has 0 atom stereocenters. The van der Waals surface area contributed by atoms with E-state index in [0.717, 1.165) is 54.5 Å². The molecular formula is C17H24N4O2. The van der Waals surface area contributed by atoms with E-state index >= 15 is 0 Å². The normalized spacial score (nSPS) is 16.2. The second kappa shape index (κ2) is 8.33. The Balaban J connectivity index is 2.35. The summed E-state index contributed by atoms with van der Waals surface area (Å²) in [6, 6.07) is 2.03. The number of ether oxygens (including phenoxy) is 1. The SMILES string of the molecule is CNc1cnc(C)c(C(=C/NC=O)/C=C(\C)N2CCOCC2)c1. The Bertz CT molecular complexity index is 605. The van der Waals surface area contributed by atoms with Gasteiger partial charge in [0.25, 0.3) is 0 Å². The standard InChI is InChI=1S/C17H24N4O2/c1-13(21-4-6-23-7-5-21)8-15(10-19-12-22)17-9-16(18-3)11-20-14(17)2/h8-12,18H,4-7H2,1-3H3,(H,19,22)/b13-8+,15-10+. The molecule has 1 fully saturated rings. The molecule has 1 aliphatic heterocycles. The first-order chi connectivity index (χ1) is 11.2. The largest absolute Gasteiger partial charge is 0.387 e. The van der Waals surface area contributed by atoms with Crippen molar-refractivity contribution < 1.29 is 9.53 Å². The van der Waals surface area contributed by atoms with Gasteiger partial charge in [-0.2, -0.15) is 0 Å². The molecule has 6 heteroatoms. The van der Waals surface area contributed by atoms with Crippen molar-refractivity contribution in [3.63, 3.8) is 0 Å². The van der Waals surface area contributed by atoms with E-state index in [1.165, 1.54) is 0 Å². The number of aryl methyl sites for hydroxylation is 1. The van der Waals surface area contributed by atoms with Crippen molar-refractivity contribution in [1.29, 1.82) is 0 Å². The number of allylic oxidation sites excluding steroid dienone is 3. The maximum atomic E-state index is 10.7. The maximum Gasteiger partial charge on any atom is 0.211 e. The van der Waals surface area contributed by atoms with Crippen molar-refractivity contribution in [1.82, 2.24) is 15.2 Å². The van der Waals surface area contributed by atoms with Crippen LogP contribution in [-0.2, 0) is 9.53 Å². The average Bonchev–Trinajstić information content (AvgIpc) is 2.59. The van der Waals surface area contributed by atoms with Crippen LogP contribution < -0.4 is 10.6 Å². The minimum atomic E-state index is 0.669. The minimum Gasteiger partial charge on any atom is -0.387 e. The third-order valence-corrected chi connectivity index (χ3v) is 3.87. The van der Waals surface area contributed by atoms with Crippen LogP contribution in [0.15, 0.2) is 30.2 Å². The Morgan fingerprint density at radius 2 is 2.13 bits per heavy atom. The lowest BCUT2D eigenvalue weighted by molar-refractivity contribution is -0.108. The first kappa shape index (κ1) is 17.0. The van der Waals surface area contributed by atoms with Gasteiger partial charge in [-0.15, -0.1) is 0 Å². The molecule has 1 aliphatic rings. The number of morpholine rings is 1. The topological polar surface area (TPSA) is 66.5 Å². The summed E-state index contributed by atoms with van der Waals surface area (Å²) in [6.07, 6.45) is 6.25. The van der Waals surface area contributed by atoms with Crippen molar-refractivity contribution in [3.8, 4) is 0 Å². The molecule has 1 saturated heterocycles. The van der Waals surface area contributed by atoms with Crippen molar-refractivity contribution in [3.05, 3.63) is 41.5 Å². The van der Waals surface area contributed by atoms with Gasteiger partial charge in [-0.3, -0.25) is 9.78 Å². The number of carbonyl (C=O) groups excluding carboxylic acids is 1. The van der Waals surface area contributed by atoms with Gasteiger partial charge in [0.2, 0.25) is 6.41 Å². The maximum absolute atomic E-state index is 10.7. The Hall–Kier alpha value is -2.34. The minimum absolute atomic E-state index is 0.669. The van der Waals surface area contributed by atoms with Crippen LogP contribution in [0.4, 0.5) is 5.69 Å². The number of carbonyl (C=O) groups is 1. The van der Waals surface area contributed by atoms with E-state index in [9.17, 15) is 4.79 Å². The Morgan fingerprint density at radius 3 is 2.78 bits per heavy atom. The van der Waals surface area contributed by atoms with Crippen LogP contribution in [0.25, 0.3) is 5.57 Å². The highest BCUT2D eigenvalue weighted by Crippen LogP contribution is 2.23. The third kappa shape index (κ3) is 4.56. The Morgan fingerprint density at radius 1 is 1.39 bits per heavy atom. The van der Waals surface area contributed by atoms with Gasteiger partial charge in [0, 0.05) is 48.9 Å². The van der Waals surface area contributed by atoms with Crippen molar-refractivity contribution in [2.24, 2.45) is 0 Å². The lowest BCUT2D eigenvalue weighted by atomic mass is 10.0. The summed E-state index contributed by atoms with van der Waals surface area (Å²) in [4.78, 5) is 17.4. The van der Waals surface area contributed by atoms with Gasteiger partial charge in [0.05, 0.1) is 25.1 Å². The first-order valence-corrected chi connectivity index (χ1v) is 7.71. The number of amides is 1. The van der Waals surface area contributed by atoms with Gasteiger partial charge < -0.3 is 20.3 Å². The van der Waals surface area contributed by atoms with E-state index in [2.05, 4.69) is 33.5 Å². The van der Waals surface area contributed by atoms with Gasteiger partial charge in [-0.1, -0.05) is 0 Å². The predicted molar refractivity (Wildman–Crippen MR) is 91.8 cm³/mol. The summed E-state index contributed by atoms with van der Waals surface area (Å²) in [5, 5.41) is 5.74. The molecule has 2 N–H and O–H groups in total. The lowest BCUT2D eigenvalue weighted by Crippen LogP contribution is -2.34. The molecule has 0 saturated carbocycles. The fourth-order valence-corrected chi connectivity index (χ4v) is 2.52. The van der Waals surface area contributed by atoms with Crippen molar-refractivity contribution in [2.75, 3.05) is 38.7 Å². The molecule has 2 rings (SSSR count). The number of hydrogen-bond acceptors (Lipinski definition) is 5. The molecule has 0 spiro atoms. The fourth-order valence-electron chi connectivity index (χ4n) is 2.52. The number of aromatic nitrogens is 1. The average molecular weight is 316 g/mol. The monoisotopic (exact) mass is 316 g/mol. The highest BCUT2D eigenvalue weighted by atomic mass is 16.5. The third-order valence-electron chi connectivity index (χ3n) is 3.87. The molecule has 0 unspecified atom stereocenters. The summed E-state index contributed by atoms with van der Waals surface area (Å²) in [6.45, 7) is 7.28. The molecule has 1 amide bonds. The zero-order valence-corrected chi connectivity index (χ0v) is 13.9. The van der Waals surface area contributed by atoms with E-state index in [1.807, 2.05) is 20.0 Å². The number of hydrogen-bond donors (Lipinski definition) is 2. The quantitative estimate of drug-likeness (QED) is 0.618. The highest BCUT2D eigenvalue weighted by Gasteiger charge is 2.12. The van der Waals surface area contributed by atoms with Gasteiger partial charge in [0.15, 0.2) is 0 Å². The van der Waals surface area contributed by atoms with Crippen LogP contribution in [0, 0.1) is 6.92 Å². The number of nitrogens with zero attached hydrogens (tertiary/aromatic N) is 2. The first-order valence-electron chi connectivity index (χ1n) is 7.71. The van der Waals surface area contributed by atoms with Crippen LogP contribution in [0.1, 0.15) is 18.2 Å². The lowest BCUT2D eigenvalue weighted by Gasteiger charge is -2.29. The number of pyridine rings is 1. The molecule has 124 valence electrons. The van der Waals surface area contributed by atoms with Crippen LogP contribution in [-0.4, -0.2) is 49.6 Å². The molecule has 0 radical (unpaired) electrons. The van der Waals surface area contributed by atoms with Crippen LogP contribution >= 0.6 is 0 Å². The second-order valence-corrected chi connectivity index (χ2v) is 5.38. The molecule has 0 bridgehead atoms. The number of nitrogens with one attached hydrogen (secondary N) is 2. The molecule has 2 heterocycles. The zero-order chi connectivity index (χ0) is 16.7. The van der Waals surface area contributed by atoms with Crippen LogP contribution in [0.3, 0.4) is 0 Å². The smallest absolute Gasteiger partial charge is 0.211 e. The van der Waals surface area contributed by atoms with E-state index in [1.54, 1.807) is 12.4 Å². The van der Waals surface area contributed by atoms with E-state index in [-0.39, 0.29) is 0 Å². The summed E-state index contributed by atoms with van der Waals surface area (Å²) >= 11 is 0. The van der Waals surface area contributed by atoms with Crippen molar-refractivity contribution >= 4 is 17.7 Å².